The van der Waals surface area contributed by atoms with Crippen molar-refractivity contribution < 1.29 is 19.1 Å². The van der Waals surface area contributed by atoms with Crippen molar-refractivity contribution in [2.45, 2.75) is 12.5 Å². The number of benzene rings is 1. The van der Waals surface area contributed by atoms with Gasteiger partial charge in [0.1, 0.15) is 11.9 Å². The Hall–Kier alpha value is -2.31. The summed E-state index contributed by atoms with van der Waals surface area (Å²) in [6.45, 7) is 0.148. The zero-order valence-corrected chi connectivity index (χ0v) is 12.3. The Morgan fingerprint density at radius 2 is 1.91 bits per heavy atom. The third kappa shape index (κ3) is 4.61. The standard InChI is InChI=1S/C15H15ClN2O4/c16-10-3-5-11(6-4-10)18-15(21)14(20)17-8-7-12(19)13-2-1-9-22-13/h1-6,9,12,19H,7-8H2,(H,17,20)(H,18,21). The Morgan fingerprint density at radius 3 is 2.55 bits per heavy atom. The molecule has 7 heteroatoms. The molecule has 0 fully saturated rings. The average Bonchev–Trinajstić information content (AvgIpc) is 3.03. The van der Waals surface area contributed by atoms with E-state index in [-0.39, 0.29) is 13.0 Å². The third-order valence-corrected chi connectivity index (χ3v) is 3.14. The Balaban J connectivity index is 1.74. The third-order valence-electron chi connectivity index (χ3n) is 2.88. The van der Waals surface area contributed by atoms with Gasteiger partial charge in [0.25, 0.3) is 0 Å². The fourth-order valence-corrected chi connectivity index (χ4v) is 1.87. The first kappa shape index (κ1) is 16.1. The van der Waals surface area contributed by atoms with E-state index >= 15 is 0 Å². The molecule has 2 amide bonds. The summed E-state index contributed by atoms with van der Waals surface area (Å²) in [6.07, 6.45) is 0.874. The van der Waals surface area contributed by atoms with Gasteiger partial charge in [0.2, 0.25) is 0 Å². The van der Waals surface area contributed by atoms with E-state index in [4.69, 9.17) is 16.0 Å². The van der Waals surface area contributed by atoms with E-state index in [1.807, 2.05) is 0 Å². The number of hydrogen-bond donors (Lipinski definition) is 3. The molecule has 0 radical (unpaired) electrons. The molecule has 2 rings (SSSR count). The highest BCUT2D eigenvalue weighted by molar-refractivity contribution is 6.39. The second-order valence-electron chi connectivity index (χ2n) is 4.54. The van der Waals surface area contributed by atoms with Gasteiger partial charge in [0, 0.05) is 17.3 Å². The van der Waals surface area contributed by atoms with Crippen LogP contribution in [0.4, 0.5) is 5.69 Å². The van der Waals surface area contributed by atoms with Crippen LogP contribution in [-0.2, 0) is 9.59 Å². The van der Waals surface area contributed by atoms with Crippen molar-refractivity contribution in [3.63, 3.8) is 0 Å². The molecule has 0 aliphatic heterocycles. The highest BCUT2D eigenvalue weighted by Crippen LogP contribution is 2.16. The van der Waals surface area contributed by atoms with Crippen LogP contribution < -0.4 is 10.6 Å². The lowest BCUT2D eigenvalue weighted by molar-refractivity contribution is -0.136. The van der Waals surface area contributed by atoms with Crippen LogP contribution in [0.5, 0.6) is 0 Å². The Morgan fingerprint density at radius 1 is 1.18 bits per heavy atom. The first-order chi connectivity index (χ1) is 10.6. The zero-order valence-electron chi connectivity index (χ0n) is 11.6. The van der Waals surface area contributed by atoms with Crippen molar-refractivity contribution in [2.24, 2.45) is 0 Å². The Bertz CT molecular complexity index is 626. The summed E-state index contributed by atoms with van der Waals surface area (Å²) in [5.41, 5.74) is 0.472. The van der Waals surface area contributed by atoms with E-state index in [1.165, 1.54) is 6.26 Å². The van der Waals surface area contributed by atoms with Crippen LogP contribution >= 0.6 is 11.6 Å². The van der Waals surface area contributed by atoms with Crippen molar-refractivity contribution in [1.82, 2.24) is 5.32 Å². The van der Waals surface area contributed by atoms with Gasteiger partial charge in [-0.05, 0) is 42.8 Å². The highest BCUT2D eigenvalue weighted by Gasteiger charge is 2.15. The number of hydrogen-bond acceptors (Lipinski definition) is 4. The molecule has 1 unspecified atom stereocenters. The lowest BCUT2D eigenvalue weighted by Gasteiger charge is -2.09. The van der Waals surface area contributed by atoms with Gasteiger partial charge in [0.15, 0.2) is 0 Å². The van der Waals surface area contributed by atoms with Crippen molar-refractivity contribution in [3.8, 4) is 0 Å². The van der Waals surface area contributed by atoms with Crippen molar-refractivity contribution in [3.05, 3.63) is 53.4 Å². The summed E-state index contributed by atoms with van der Waals surface area (Å²) in [5, 5.41) is 15.2. The molecular formula is C15H15ClN2O4. The summed E-state index contributed by atoms with van der Waals surface area (Å²) in [6, 6.07) is 9.70. The number of carbonyl (C=O) groups is 2. The van der Waals surface area contributed by atoms with Crippen molar-refractivity contribution >= 4 is 29.1 Å². The van der Waals surface area contributed by atoms with E-state index in [0.29, 0.717) is 16.5 Å². The highest BCUT2D eigenvalue weighted by atomic mass is 35.5. The topological polar surface area (TPSA) is 91.6 Å². The van der Waals surface area contributed by atoms with Crippen LogP contribution in [0.3, 0.4) is 0 Å². The van der Waals surface area contributed by atoms with Gasteiger partial charge in [-0.3, -0.25) is 9.59 Å². The molecule has 1 aromatic carbocycles. The van der Waals surface area contributed by atoms with Gasteiger partial charge in [-0.15, -0.1) is 0 Å². The van der Waals surface area contributed by atoms with Crippen molar-refractivity contribution in [2.75, 3.05) is 11.9 Å². The minimum Gasteiger partial charge on any atom is -0.467 e. The van der Waals surface area contributed by atoms with Crippen LogP contribution in [0.2, 0.25) is 5.02 Å². The maximum Gasteiger partial charge on any atom is 0.313 e. The quantitative estimate of drug-likeness (QED) is 0.735. The maximum absolute atomic E-state index is 11.7. The maximum atomic E-state index is 11.7. The Kier molecular flexibility index (Phi) is 5.57. The van der Waals surface area contributed by atoms with E-state index < -0.39 is 17.9 Å². The second kappa shape index (κ2) is 7.63. The molecule has 22 heavy (non-hydrogen) atoms. The summed E-state index contributed by atoms with van der Waals surface area (Å²) < 4.78 is 5.04. The van der Waals surface area contributed by atoms with Crippen LogP contribution in [-0.4, -0.2) is 23.5 Å². The van der Waals surface area contributed by atoms with Gasteiger partial charge in [-0.1, -0.05) is 11.6 Å². The molecule has 116 valence electrons. The SMILES string of the molecule is O=C(NCCC(O)c1ccco1)C(=O)Nc1ccc(Cl)cc1. The molecule has 1 atom stereocenters. The molecule has 0 spiro atoms. The van der Waals surface area contributed by atoms with Crippen LogP contribution in [0, 0.1) is 0 Å². The molecular weight excluding hydrogens is 308 g/mol. The largest absolute Gasteiger partial charge is 0.467 e. The number of aliphatic hydroxyl groups is 1. The van der Waals surface area contributed by atoms with E-state index in [9.17, 15) is 14.7 Å². The second-order valence-corrected chi connectivity index (χ2v) is 4.97. The van der Waals surface area contributed by atoms with Crippen LogP contribution in [0.15, 0.2) is 47.1 Å². The van der Waals surface area contributed by atoms with Crippen LogP contribution in [0.1, 0.15) is 18.3 Å². The molecule has 0 bridgehead atoms. The fraction of sp³-hybridized carbons (Fsp3) is 0.200. The zero-order chi connectivity index (χ0) is 15.9. The smallest absolute Gasteiger partial charge is 0.313 e. The molecule has 0 saturated carbocycles. The van der Waals surface area contributed by atoms with E-state index in [1.54, 1.807) is 36.4 Å². The number of halogens is 1. The molecule has 1 heterocycles. The summed E-state index contributed by atoms with van der Waals surface area (Å²) in [7, 11) is 0. The molecule has 3 N–H and O–H groups in total. The van der Waals surface area contributed by atoms with Gasteiger partial charge in [-0.25, -0.2) is 0 Å². The molecule has 0 aliphatic carbocycles. The minimum atomic E-state index is -0.824. The lowest BCUT2D eigenvalue weighted by Crippen LogP contribution is -2.36. The monoisotopic (exact) mass is 322 g/mol. The molecule has 6 nitrogen and oxygen atoms in total. The number of aliphatic hydroxyl groups excluding tert-OH is 1. The Labute approximate surface area is 132 Å². The van der Waals surface area contributed by atoms with Gasteiger partial charge in [-0.2, -0.15) is 0 Å². The number of rotatable bonds is 5. The summed E-state index contributed by atoms with van der Waals surface area (Å²) in [5.74, 6) is -1.14. The molecule has 1 aromatic heterocycles. The van der Waals surface area contributed by atoms with Gasteiger partial charge in [0.05, 0.1) is 6.26 Å². The number of anilines is 1. The molecule has 0 saturated heterocycles. The normalized spacial score (nSPS) is 11.7. The predicted molar refractivity (Wildman–Crippen MR) is 81.4 cm³/mol. The molecule has 0 aliphatic rings. The fourth-order valence-electron chi connectivity index (χ4n) is 1.75. The van der Waals surface area contributed by atoms with Gasteiger partial charge >= 0.3 is 11.8 Å². The predicted octanol–water partition coefficient (Wildman–Crippen LogP) is 2.11. The van der Waals surface area contributed by atoms with Crippen LogP contribution in [0.25, 0.3) is 0 Å². The minimum absolute atomic E-state index is 0.148. The number of carbonyl (C=O) groups excluding carboxylic acids is 2. The van der Waals surface area contributed by atoms with E-state index in [2.05, 4.69) is 10.6 Å². The molecule has 2 aromatic rings. The van der Waals surface area contributed by atoms with Crippen molar-refractivity contribution in [1.29, 1.82) is 0 Å². The number of furan rings is 1. The van der Waals surface area contributed by atoms with Gasteiger partial charge < -0.3 is 20.2 Å². The number of nitrogens with one attached hydrogen (secondary N) is 2. The summed E-state index contributed by atoms with van der Waals surface area (Å²) >= 11 is 5.73. The number of amides is 2. The summed E-state index contributed by atoms with van der Waals surface area (Å²) in [4.78, 5) is 23.3. The average molecular weight is 323 g/mol. The first-order valence-corrected chi connectivity index (χ1v) is 7.00. The first-order valence-electron chi connectivity index (χ1n) is 6.62. The lowest BCUT2D eigenvalue weighted by atomic mass is 10.2. The van der Waals surface area contributed by atoms with E-state index in [0.717, 1.165) is 0 Å².